The lowest BCUT2D eigenvalue weighted by atomic mass is 10.0. The van der Waals surface area contributed by atoms with Crippen LogP contribution >= 0.6 is 0 Å². The topological polar surface area (TPSA) is 92.4 Å². The minimum absolute atomic E-state index is 0.197. The lowest BCUT2D eigenvalue weighted by Crippen LogP contribution is -2.44. The predicted molar refractivity (Wildman–Crippen MR) is 69.3 cm³/mol. The number of benzene rings is 1. The first kappa shape index (κ1) is 14.0. The van der Waals surface area contributed by atoms with Crippen LogP contribution in [-0.2, 0) is 4.79 Å². The Morgan fingerprint density at radius 3 is 2.44 bits per heavy atom. The summed E-state index contributed by atoms with van der Waals surface area (Å²) in [7, 11) is 0. The van der Waals surface area contributed by atoms with Crippen molar-refractivity contribution in [1.82, 2.24) is 5.32 Å². The van der Waals surface area contributed by atoms with Crippen LogP contribution in [0.4, 0.5) is 5.69 Å². The van der Waals surface area contributed by atoms with Crippen LogP contribution in [0.1, 0.15) is 29.8 Å². The molecule has 1 aromatic carbocycles. The maximum atomic E-state index is 12.0. The number of anilines is 1. The van der Waals surface area contributed by atoms with Gasteiger partial charge in [0.15, 0.2) is 0 Å². The number of rotatable bonds is 4. The second-order valence-corrected chi connectivity index (χ2v) is 4.62. The molecule has 0 aromatic heterocycles. The zero-order valence-electron chi connectivity index (χ0n) is 10.7. The number of hydrogen-bond donors (Lipinski definition) is 3. The monoisotopic (exact) mass is 250 g/mol. The van der Waals surface area contributed by atoms with E-state index in [1.807, 2.05) is 6.92 Å². The summed E-state index contributed by atoms with van der Waals surface area (Å²) in [5, 5.41) is 11.5. The van der Waals surface area contributed by atoms with Crippen LogP contribution in [0, 0.1) is 12.8 Å². The van der Waals surface area contributed by atoms with Crippen LogP contribution in [0.25, 0.3) is 0 Å². The second-order valence-electron chi connectivity index (χ2n) is 4.62. The van der Waals surface area contributed by atoms with E-state index < -0.39 is 17.9 Å². The number of aryl methyl sites for hydroxylation is 1. The highest BCUT2D eigenvalue weighted by Crippen LogP contribution is 2.14. The van der Waals surface area contributed by atoms with Gasteiger partial charge in [-0.25, -0.2) is 4.79 Å². The van der Waals surface area contributed by atoms with Crippen molar-refractivity contribution in [3.05, 3.63) is 29.3 Å². The number of nitrogens with one attached hydrogen (secondary N) is 1. The lowest BCUT2D eigenvalue weighted by Gasteiger charge is -2.18. The first-order valence-electron chi connectivity index (χ1n) is 5.72. The van der Waals surface area contributed by atoms with Crippen molar-refractivity contribution in [2.75, 3.05) is 5.73 Å². The van der Waals surface area contributed by atoms with E-state index in [0.717, 1.165) is 5.56 Å². The first-order valence-corrected chi connectivity index (χ1v) is 5.72. The largest absolute Gasteiger partial charge is 0.480 e. The SMILES string of the molecule is Cc1ccc(N)c(C(=O)N[C@H](C(=O)O)C(C)C)c1. The number of carboxylic acids is 1. The predicted octanol–water partition coefficient (Wildman–Crippen LogP) is 1.42. The Labute approximate surface area is 106 Å². The van der Waals surface area contributed by atoms with Crippen LogP contribution in [0.15, 0.2) is 18.2 Å². The third-order valence-electron chi connectivity index (χ3n) is 2.67. The van der Waals surface area contributed by atoms with E-state index in [0.29, 0.717) is 11.3 Å². The molecule has 4 N–H and O–H groups in total. The molecule has 0 aliphatic rings. The van der Waals surface area contributed by atoms with Crippen molar-refractivity contribution in [3.8, 4) is 0 Å². The molecule has 0 spiro atoms. The fraction of sp³-hybridized carbons (Fsp3) is 0.385. The average Bonchev–Trinajstić information content (AvgIpc) is 2.28. The molecule has 0 saturated carbocycles. The third-order valence-corrected chi connectivity index (χ3v) is 2.67. The van der Waals surface area contributed by atoms with Crippen molar-refractivity contribution in [2.24, 2.45) is 5.92 Å². The standard InChI is InChI=1S/C13H18N2O3/c1-7(2)11(13(17)18)15-12(16)9-6-8(3)4-5-10(9)14/h4-7,11H,14H2,1-3H3,(H,15,16)(H,17,18)/t11-/m0/s1. The molecular weight excluding hydrogens is 232 g/mol. The number of nitrogen functional groups attached to an aromatic ring is 1. The van der Waals surface area contributed by atoms with Gasteiger partial charge in [-0.1, -0.05) is 25.5 Å². The molecule has 0 saturated heterocycles. The summed E-state index contributed by atoms with van der Waals surface area (Å²) < 4.78 is 0. The van der Waals surface area contributed by atoms with E-state index in [-0.39, 0.29) is 5.92 Å². The molecule has 1 rings (SSSR count). The summed E-state index contributed by atoms with van der Waals surface area (Å²) in [5.41, 5.74) is 7.25. The van der Waals surface area contributed by atoms with Crippen LogP contribution in [-0.4, -0.2) is 23.0 Å². The Balaban J connectivity index is 2.94. The Bertz CT molecular complexity index is 469. The van der Waals surface area contributed by atoms with Gasteiger partial charge in [0, 0.05) is 5.69 Å². The molecule has 1 aromatic rings. The molecular formula is C13H18N2O3. The fourth-order valence-electron chi connectivity index (χ4n) is 1.60. The highest BCUT2D eigenvalue weighted by molar-refractivity contribution is 6.01. The molecule has 5 heteroatoms. The van der Waals surface area contributed by atoms with Gasteiger partial charge in [-0.2, -0.15) is 0 Å². The maximum absolute atomic E-state index is 12.0. The van der Waals surface area contributed by atoms with Gasteiger partial charge in [-0.3, -0.25) is 4.79 Å². The normalized spacial score (nSPS) is 12.2. The summed E-state index contributed by atoms with van der Waals surface area (Å²) in [4.78, 5) is 23.0. The Hall–Kier alpha value is -2.04. The van der Waals surface area contributed by atoms with E-state index in [9.17, 15) is 9.59 Å². The maximum Gasteiger partial charge on any atom is 0.326 e. The Morgan fingerprint density at radius 2 is 1.94 bits per heavy atom. The summed E-state index contributed by atoms with van der Waals surface area (Å²) in [6.45, 7) is 5.31. The van der Waals surface area contributed by atoms with Gasteiger partial charge < -0.3 is 16.2 Å². The van der Waals surface area contributed by atoms with E-state index in [1.165, 1.54) is 0 Å². The molecule has 0 aliphatic heterocycles. The molecule has 0 bridgehead atoms. The minimum Gasteiger partial charge on any atom is -0.480 e. The van der Waals surface area contributed by atoms with E-state index >= 15 is 0 Å². The number of hydrogen-bond acceptors (Lipinski definition) is 3. The molecule has 0 fully saturated rings. The van der Waals surface area contributed by atoms with Crippen molar-refractivity contribution in [3.63, 3.8) is 0 Å². The molecule has 1 amide bonds. The number of carbonyl (C=O) groups is 2. The number of amides is 1. The zero-order valence-corrected chi connectivity index (χ0v) is 10.7. The summed E-state index contributed by atoms with van der Waals surface area (Å²) in [6.07, 6.45) is 0. The van der Waals surface area contributed by atoms with Crippen molar-refractivity contribution in [1.29, 1.82) is 0 Å². The molecule has 0 radical (unpaired) electrons. The fourth-order valence-corrected chi connectivity index (χ4v) is 1.60. The highest BCUT2D eigenvalue weighted by Gasteiger charge is 2.24. The molecule has 5 nitrogen and oxygen atoms in total. The highest BCUT2D eigenvalue weighted by atomic mass is 16.4. The van der Waals surface area contributed by atoms with E-state index in [4.69, 9.17) is 10.8 Å². The molecule has 0 heterocycles. The summed E-state index contributed by atoms with van der Waals surface area (Å²) in [5.74, 6) is -1.71. The van der Waals surface area contributed by atoms with Gasteiger partial charge in [-0.05, 0) is 25.0 Å². The summed E-state index contributed by atoms with van der Waals surface area (Å²) >= 11 is 0. The number of aliphatic carboxylic acids is 1. The Morgan fingerprint density at radius 1 is 1.33 bits per heavy atom. The third kappa shape index (κ3) is 3.23. The molecule has 0 unspecified atom stereocenters. The quantitative estimate of drug-likeness (QED) is 0.704. The molecule has 18 heavy (non-hydrogen) atoms. The van der Waals surface area contributed by atoms with Crippen LogP contribution in [0.5, 0.6) is 0 Å². The van der Waals surface area contributed by atoms with Crippen molar-refractivity contribution < 1.29 is 14.7 Å². The number of nitrogens with two attached hydrogens (primary N) is 1. The lowest BCUT2D eigenvalue weighted by molar-refractivity contribution is -0.140. The average molecular weight is 250 g/mol. The molecule has 1 atom stereocenters. The van der Waals surface area contributed by atoms with E-state index in [1.54, 1.807) is 32.0 Å². The smallest absolute Gasteiger partial charge is 0.326 e. The van der Waals surface area contributed by atoms with Crippen LogP contribution in [0.2, 0.25) is 0 Å². The van der Waals surface area contributed by atoms with Crippen molar-refractivity contribution >= 4 is 17.6 Å². The van der Waals surface area contributed by atoms with Gasteiger partial charge in [0.1, 0.15) is 6.04 Å². The van der Waals surface area contributed by atoms with Gasteiger partial charge >= 0.3 is 5.97 Å². The number of carboxylic acid groups (broad SMARTS) is 1. The Kier molecular flexibility index (Phi) is 4.31. The number of carbonyl (C=O) groups excluding carboxylic acids is 1. The van der Waals surface area contributed by atoms with Crippen LogP contribution in [0.3, 0.4) is 0 Å². The van der Waals surface area contributed by atoms with Gasteiger partial charge in [0.2, 0.25) is 0 Å². The van der Waals surface area contributed by atoms with Crippen LogP contribution < -0.4 is 11.1 Å². The zero-order chi connectivity index (χ0) is 13.9. The molecule has 98 valence electrons. The summed E-state index contributed by atoms with van der Waals surface area (Å²) in [6, 6.07) is 4.15. The second kappa shape index (κ2) is 5.53. The first-order chi connectivity index (χ1) is 8.32. The van der Waals surface area contributed by atoms with Crippen molar-refractivity contribution in [2.45, 2.75) is 26.8 Å². The van der Waals surface area contributed by atoms with Gasteiger partial charge in [-0.15, -0.1) is 0 Å². The minimum atomic E-state index is -1.05. The molecule has 0 aliphatic carbocycles. The van der Waals surface area contributed by atoms with Gasteiger partial charge in [0.05, 0.1) is 5.56 Å². The van der Waals surface area contributed by atoms with E-state index in [2.05, 4.69) is 5.32 Å². The van der Waals surface area contributed by atoms with Gasteiger partial charge in [0.25, 0.3) is 5.91 Å².